The second kappa shape index (κ2) is 9.15. The second-order valence-corrected chi connectivity index (χ2v) is 11.4. The lowest BCUT2D eigenvalue weighted by atomic mass is 10.1. The summed E-state index contributed by atoms with van der Waals surface area (Å²) in [6.45, 7) is 0. The fourth-order valence-electron chi connectivity index (χ4n) is 6.77. The second-order valence-electron chi connectivity index (χ2n) is 11.4. The molecule has 0 spiro atoms. The predicted molar refractivity (Wildman–Crippen MR) is 182 cm³/mol. The number of nitrogens with zero attached hydrogens (tertiary/aromatic N) is 3. The molecule has 6 aromatic carbocycles. The average Bonchev–Trinajstić information content (AvgIpc) is 3.78. The molecule has 5 heteroatoms. The first-order valence-corrected chi connectivity index (χ1v) is 15.0. The van der Waals surface area contributed by atoms with Gasteiger partial charge in [0, 0.05) is 43.7 Å². The van der Waals surface area contributed by atoms with Gasteiger partial charge in [-0.2, -0.15) is 0 Å². The summed E-state index contributed by atoms with van der Waals surface area (Å²) in [6.07, 6.45) is 0. The van der Waals surface area contributed by atoms with Crippen LogP contribution in [0.4, 0.5) is 0 Å². The van der Waals surface area contributed by atoms with Crippen LogP contribution < -0.4 is 0 Å². The molecule has 0 fully saturated rings. The number of aromatic nitrogens is 3. The summed E-state index contributed by atoms with van der Waals surface area (Å²) in [5, 5.41) is 5.56. The van der Waals surface area contributed by atoms with Crippen molar-refractivity contribution in [3.63, 3.8) is 0 Å². The van der Waals surface area contributed by atoms with Gasteiger partial charge in [-0.25, -0.2) is 9.97 Å². The summed E-state index contributed by atoms with van der Waals surface area (Å²) in [7, 11) is 0. The zero-order chi connectivity index (χ0) is 29.5. The van der Waals surface area contributed by atoms with Gasteiger partial charge < -0.3 is 13.4 Å². The van der Waals surface area contributed by atoms with Crippen LogP contribution in [0.25, 0.3) is 94.1 Å². The number of rotatable bonds is 3. The average molecular weight is 578 g/mol. The van der Waals surface area contributed by atoms with Crippen molar-refractivity contribution < 1.29 is 8.83 Å². The van der Waals surface area contributed by atoms with E-state index in [1.54, 1.807) is 0 Å². The van der Waals surface area contributed by atoms with Gasteiger partial charge in [0.05, 0.1) is 11.0 Å². The molecule has 0 saturated heterocycles. The summed E-state index contributed by atoms with van der Waals surface area (Å²) in [6, 6.07) is 47.9. The molecule has 0 saturated carbocycles. The lowest BCUT2D eigenvalue weighted by Crippen LogP contribution is -1.96. The van der Waals surface area contributed by atoms with Gasteiger partial charge in [-0.15, -0.1) is 0 Å². The molecule has 5 nitrogen and oxygen atoms in total. The zero-order valence-corrected chi connectivity index (χ0v) is 23.9. The Balaban J connectivity index is 1.20. The van der Waals surface area contributed by atoms with Crippen molar-refractivity contribution >= 4 is 65.8 Å². The van der Waals surface area contributed by atoms with Crippen LogP contribution in [-0.2, 0) is 0 Å². The zero-order valence-electron chi connectivity index (χ0n) is 23.9. The molecule has 0 aliphatic heterocycles. The van der Waals surface area contributed by atoms with E-state index in [9.17, 15) is 0 Å². The van der Waals surface area contributed by atoms with Gasteiger partial charge in [0.1, 0.15) is 22.4 Å². The molecule has 0 bridgehead atoms. The van der Waals surface area contributed by atoms with Gasteiger partial charge in [-0.1, -0.05) is 84.9 Å². The van der Waals surface area contributed by atoms with Crippen LogP contribution in [0.5, 0.6) is 0 Å². The lowest BCUT2D eigenvalue weighted by molar-refractivity contribution is 0.667. The number of hydrogen-bond donors (Lipinski definition) is 0. The van der Waals surface area contributed by atoms with Crippen LogP contribution in [0.1, 0.15) is 0 Å². The summed E-state index contributed by atoms with van der Waals surface area (Å²) in [5.74, 6) is 0.654. The van der Waals surface area contributed by atoms with E-state index in [2.05, 4.69) is 95.6 Å². The Morgan fingerprint density at radius 2 is 1.09 bits per heavy atom. The number of hydrogen-bond acceptors (Lipinski definition) is 4. The Hall–Kier alpha value is -6.20. The third kappa shape index (κ3) is 3.49. The highest BCUT2D eigenvalue weighted by Gasteiger charge is 2.20. The number of furan rings is 2. The highest BCUT2D eigenvalue weighted by molar-refractivity contribution is 6.21. The maximum absolute atomic E-state index is 6.52. The largest absolute Gasteiger partial charge is 0.454 e. The summed E-state index contributed by atoms with van der Waals surface area (Å²) < 4.78 is 15.1. The molecule has 0 aliphatic carbocycles. The molecule has 0 atom stereocenters. The molecule has 10 rings (SSSR count). The van der Waals surface area contributed by atoms with E-state index >= 15 is 0 Å². The van der Waals surface area contributed by atoms with Crippen molar-refractivity contribution in [3.8, 4) is 28.3 Å². The predicted octanol–water partition coefficient (Wildman–Crippen LogP) is 10.7. The minimum absolute atomic E-state index is 0.654. The van der Waals surface area contributed by atoms with Crippen molar-refractivity contribution in [2.45, 2.75) is 0 Å². The third-order valence-electron chi connectivity index (χ3n) is 8.83. The first-order chi connectivity index (χ1) is 22.3. The van der Waals surface area contributed by atoms with Crippen molar-refractivity contribution in [1.82, 2.24) is 14.5 Å². The van der Waals surface area contributed by atoms with Crippen LogP contribution in [0, 0.1) is 0 Å². The molecule has 45 heavy (non-hydrogen) atoms. The van der Waals surface area contributed by atoms with Crippen molar-refractivity contribution in [1.29, 1.82) is 0 Å². The number of benzene rings is 6. The molecular weight excluding hydrogens is 554 g/mol. The smallest absolute Gasteiger partial charge is 0.180 e. The summed E-state index contributed by atoms with van der Waals surface area (Å²) in [5.41, 5.74) is 10.0. The highest BCUT2D eigenvalue weighted by atomic mass is 16.3. The van der Waals surface area contributed by atoms with E-state index in [4.69, 9.17) is 18.8 Å². The van der Waals surface area contributed by atoms with E-state index < -0.39 is 0 Å². The Kier molecular flexibility index (Phi) is 4.93. The third-order valence-corrected chi connectivity index (χ3v) is 8.83. The fourth-order valence-corrected chi connectivity index (χ4v) is 6.77. The minimum atomic E-state index is 0.654. The van der Waals surface area contributed by atoms with Gasteiger partial charge >= 0.3 is 0 Å². The molecule has 210 valence electrons. The molecule has 0 N–H and O–H groups in total. The number of fused-ring (bicyclic) bond motifs is 10. The van der Waals surface area contributed by atoms with Crippen LogP contribution in [-0.4, -0.2) is 14.5 Å². The van der Waals surface area contributed by atoms with E-state index in [1.165, 1.54) is 5.39 Å². The van der Waals surface area contributed by atoms with E-state index in [-0.39, 0.29) is 0 Å². The SMILES string of the molecule is c1ccc(-c2nc(-c3ccc(-n4c5ccccc5c5ccc6c7ccccc7oc6c54)cc3)nc3c2oc2ccccc23)cc1. The van der Waals surface area contributed by atoms with Gasteiger partial charge in [0.2, 0.25) is 0 Å². The van der Waals surface area contributed by atoms with Crippen LogP contribution in [0.15, 0.2) is 148 Å². The molecule has 4 aromatic heterocycles. The summed E-state index contributed by atoms with van der Waals surface area (Å²) in [4.78, 5) is 10.1. The molecule has 4 heterocycles. The first-order valence-electron chi connectivity index (χ1n) is 15.0. The highest BCUT2D eigenvalue weighted by Crippen LogP contribution is 2.41. The van der Waals surface area contributed by atoms with Crippen LogP contribution >= 0.6 is 0 Å². The quantitative estimate of drug-likeness (QED) is 0.210. The number of para-hydroxylation sites is 3. The van der Waals surface area contributed by atoms with Gasteiger partial charge in [0.15, 0.2) is 17.0 Å². The van der Waals surface area contributed by atoms with Crippen LogP contribution in [0.3, 0.4) is 0 Å². The minimum Gasteiger partial charge on any atom is -0.454 e. The van der Waals surface area contributed by atoms with Crippen LogP contribution in [0.2, 0.25) is 0 Å². The monoisotopic (exact) mass is 577 g/mol. The Labute approximate surface area is 256 Å². The maximum Gasteiger partial charge on any atom is 0.180 e. The van der Waals surface area contributed by atoms with Crippen molar-refractivity contribution in [2.75, 3.05) is 0 Å². The van der Waals surface area contributed by atoms with Gasteiger partial charge in [0.25, 0.3) is 0 Å². The molecule has 10 aromatic rings. The Morgan fingerprint density at radius 3 is 1.91 bits per heavy atom. The molecular formula is C40H23N3O2. The van der Waals surface area contributed by atoms with E-state index in [1.807, 2.05) is 48.5 Å². The first kappa shape index (κ1) is 24.3. The maximum atomic E-state index is 6.52. The Bertz CT molecular complexity index is 2750. The Morgan fingerprint density at radius 1 is 0.444 bits per heavy atom. The fraction of sp³-hybridized carbons (Fsp3) is 0. The standard InChI is InChI=1S/C40H23N3O2/c1-2-10-24(11-3-1)35-39-36(31-14-6-9-17-34(31)45-39)42-40(41-35)25-18-20-26(21-19-25)43-32-15-7-4-12-27(32)29-22-23-30-28-13-5-8-16-33(28)44-38(30)37(29)43/h1-23H. The van der Waals surface area contributed by atoms with Crippen molar-refractivity contribution in [3.05, 3.63) is 140 Å². The molecule has 0 aliphatic rings. The normalized spacial score (nSPS) is 12.0. The summed E-state index contributed by atoms with van der Waals surface area (Å²) >= 11 is 0. The molecule has 0 radical (unpaired) electrons. The van der Waals surface area contributed by atoms with Gasteiger partial charge in [-0.3, -0.25) is 0 Å². The lowest BCUT2D eigenvalue weighted by Gasteiger charge is -2.10. The van der Waals surface area contributed by atoms with E-state index in [0.29, 0.717) is 11.4 Å². The topological polar surface area (TPSA) is 57.0 Å². The molecule has 0 unspecified atom stereocenters. The molecule has 0 amide bonds. The van der Waals surface area contributed by atoms with Gasteiger partial charge in [-0.05, 0) is 54.6 Å². The van der Waals surface area contributed by atoms with Crippen molar-refractivity contribution in [2.24, 2.45) is 0 Å². The van der Waals surface area contributed by atoms with E-state index in [0.717, 1.165) is 77.4 Å².